The summed E-state index contributed by atoms with van der Waals surface area (Å²) in [5.74, 6) is 1.08. The van der Waals surface area contributed by atoms with E-state index in [0.717, 1.165) is 12.3 Å². The Morgan fingerprint density at radius 2 is 1.94 bits per heavy atom. The maximum atomic E-state index is 10.2. The molecule has 1 N–H and O–H groups in total. The molecule has 104 valence electrons. The van der Waals surface area contributed by atoms with Gasteiger partial charge in [-0.25, -0.2) is 0 Å². The summed E-state index contributed by atoms with van der Waals surface area (Å²) in [6.45, 7) is 9.08. The summed E-state index contributed by atoms with van der Waals surface area (Å²) in [7, 11) is 0. The first-order chi connectivity index (χ1) is 8.30. The van der Waals surface area contributed by atoms with Gasteiger partial charge in [-0.3, -0.25) is 0 Å². The lowest BCUT2D eigenvalue weighted by Crippen LogP contribution is -2.45. The minimum atomic E-state index is -0.571. The minimum Gasteiger partial charge on any atom is -0.368 e. The quantitative estimate of drug-likeness (QED) is 0.773. The van der Waals surface area contributed by atoms with Gasteiger partial charge in [-0.15, -0.1) is 0 Å². The van der Waals surface area contributed by atoms with E-state index in [2.05, 4.69) is 27.7 Å². The monoisotopic (exact) mass is 252 g/mol. The summed E-state index contributed by atoms with van der Waals surface area (Å²) in [6, 6.07) is 0. The Kier molecular flexibility index (Phi) is 2.68. The summed E-state index contributed by atoms with van der Waals surface area (Å²) in [5.41, 5.74) is 0.959. The second-order valence-electron chi connectivity index (χ2n) is 8.18. The second-order valence-corrected chi connectivity index (χ2v) is 8.18. The predicted molar refractivity (Wildman–Crippen MR) is 72.1 cm³/mol. The van der Waals surface area contributed by atoms with Crippen LogP contribution in [0.3, 0.4) is 0 Å². The predicted octanol–water partition coefficient (Wildman–Crippen LogP) is 3.73. The van der Waals surface area contributed by atoms with Gasteiger partial charge < -0.3 is 9.84 Å². The van der Waals surface area contributed by atoms with Crippen molar-refractivity contribution in [3.63, 3.8) is 0 Å². The first-order valence-electron chi connectivity index (χ1n) is 7.66. The molecule has 2 heteroatoms. The molecule has 0 saturated heterocycles. The molecule has 6 atom stereocenters. The Balaban J connectivity index is 1.78. The summed E-state index contributed by atoms with van der Waals surface area (Å²) in [4.78, 5) is 0. The van der Waals surface area contributed by atoms with Crippen LogP contribution in [0.4, 0.5) is 0 Å². The lowest BCUT2D eigenvalue weighted by Gasteiger charge is -2.46. The molecule has 0 aliphatic heterocycles. The highest BCUT2D eigenvalue weighted by Gasteiger charge is 2.66. The smallest absolute Gasteiger partial charge is 0.157 e. The van der Waals surface area contributed by atoms with Crippen molar-refractivity contribution in [2.24, 2.45) is 22.7 Å². The molecule has 0 heterocycles. The Bertz CT molecular complexity index is 351. The zero-order chi connectivity index (χ0) is 13.2. The Labute approximate surface area is 111 Å². The van der Waals surface area contributed by atoms with E-state index in [9.17, 15) is 5.11 Å². The second kappa shape index (κ2) is 3.73. The summed E-state index contributed by atoms with van der Waals surface area (Å²) >= 11 is 0. The first kappa shape index (κ1) is 12.9. The molecule has 4 saturated carbocycles. The standard InChI is InChI=1S/C16H28O2/c1-5-11(2)13(17)18-16-7-12-6-14(3,9-16)8-15(12,4)10-16/h11-13,17H,5-10H2,1-4H3. The molecule has 4 aliphatic rings. The molecule has 4 fully saturated rings. The van der Waals surface area contributed by atoms with Gasteiger partial charge in [0, 0.05) is 5.92 Å². The van der Waals surface area contributed by atoms with Gasteiger partial charge in [0.1, 0.15) is 0 Å². The van der Waals surface area contributed by atoms with Crippen molar-refractivity contribution in [2.75, 3.05) is 0 Å². The van der Waals surface area contributed by atoms with Crippen LogP contribution in [0.1, 0.15) is 66.2 Å². The molecule has 0 aromatic rings. The first-order valence-corrected chi connectivity index (χ1v) is 7.66. The average Bonchev–Trinajstić information content (AvgIpc) is 2.54. The molecule has 4 bridgehead atoms. The van der Waals surface area contributed by atoms with Gasteiger partial charge in [0.15, 0.2) is 6.29 Å². The molecule has 0 amide bonds. The van der Waals surface area contributed by atoms with E-state index >= 15 is 0 Å². The number of hydrogen-bond donors (Lipinski definition) is 1. The van der Waals surface area contributed by atoms with Crippen LogP contribution in [-0.4, -0.2) is 17.0 Å². The largest absolute Gasteiger partial charge is 0.368 e. The third kappa shape index (κ3) is 1.76. The van der Waals surface area contributed by atoms with Crippen molar-refractivity contribution < 1.29 is 9.84 Å². The summed E-state index contributed by atoms with van der Waals surface area (Å²) in [5, 5.41) is 10.2. The van der Waals surface area contributed by atoms with Crippen molar-refractivity contribution in [3.8, 4) is 0 Å². The number of ether oxygens (including phenoxy) is 1. The van der Waals surface area contributed by atoms with Gasteiger partial charge in [-0.1, -0.05) is 27.7 Å². The van der Waals surface area contributed by atoms with Crippen LogP contribution >= 0.6 is 0 Å². The highest BCUT2D eigenvalue weighted by Crippen LogP contribution is 2.72. The van der Waals surface area contributed by atoms with Gasteiger partial charge in [0.05, 0.1) is 5.60 Å². The van der Waals surface area contributed by atoms with Gasteiger partial charge >= 0.3 is 0 Å². The number of rotatable bonds is 4. The number of aliphatic hydroxyl groups excluding tert-OH is 1. The lowest BCUT2D eigenvalue weighted by molar-refractivity contribution is -0.228. The van der Waals surface area contributed by atoms with E-state index in [1.165, 1.54) is 32.1 Å². The highest BCUT2D eigenvalue weighted by molar-refractivity contribution is 5.17. The molecule has 0 aromatic carbocycles. The minimum absolute atomic E-state index is 0.00644. The number of hydrogen-bond acceptors (Lipinski definition) is 2. The normalized spacial score (nSPS) is 52.8. The zero-order valence-electron chi connectivity index (χ0n) is 12.3. The fraction of sp³-hybridized carbons (Fsp3) is 1.00. The van der Waals surface area contributed by atoms with Crippen molar-refractivity contribution in [1.82, 2.24) is 0 Å². The van der Waals surface area contributed by atoms with E-state index in [1.54, 1.807) is 0 Å². The maximum absolute atomic E-state index is 10.2. The molecule has 18 heavy (non-hydrogen) atoms. The van der Waals surface area contributed by atoms with Gasteiger partial charge in [0.2, 0.25) is 0 Å². The average molecular weight is 252 g/mol. The van der Waals surface area contributed by atoms with E-state index in [0.29, 0.717) is 10.8 Å². The van der Waals surface area contributed by atoms with Crippen LogP contribution in [0.25, 0.3) is 0 Å². The SMILES string of the molecule is CCC(C)C(O)OC12CC3CC(C)(C1)CC3(C)C2. The van der Waals surface area contributed by atoms with Gasteiger partial charge in [0.25, 0.3) is 0 Å². The molecule has 0 radical (unpaired) electrons. The van der Waals surface area contributed by atoms with Gasteiger partial charge in [-0.05, 0) is 55.3 Å². The van der Waals surface area contributed by atoms with Crippen molar-refractivity contribution >= 4 is 0 Å². The highest BCUT2D eigenvalue weighted by atomic mass is 16.6. The van der Waals surface area contributed by atoms with Crippen LogP contribution in [0, 0.1) is 22.7 Å². The third-order valence-corrected chi connectivity index (χ3v) is 6.15. The van der Waals surface area contributed by atoms with E-state index in [1.807, 2.05) is 0 Å². The summed E-state index contributed by atoms with van der Waals surface area (Å²) < 4.78 is 6.21. The third-order valence-electron chi connectivity index (χ3n) is 6.15. The van der Waals surface area contributed by atoms with Crippen LogP contribution < -0.4 is 0 Å². The molecule has 0 aromatic heterocycles. The molecular weight excluding hydrogens is 224 g/mol. The van der Waals surface area contributed by atoms with Crippen LogP contribution in [0.2, 0.25) is 0 Å². The summed E-state index contributed by atoms with van der Waals surface area (Å²) in [6.07, 6.45) is 6.69. The fourth-order valence-corrected chi connectivity index (χ4v) is 5.57. The molecule has 2 nitrogen and oxygen atoms in total. The maximum Gasteiger partial charge on any atom is 0.157 e. The Morgan fingerprint density at radius 3 is 2.50 bits per heavy atom. The van der Waals surface area contributed by atoms with Gasteiger partial charge in [-0.2, -0.15) is 0 Å². The van der Waals surface area contributed by atoms with Crippen molar-refractivity contribution in [2.45, 2.75) is 78.1 Å². The van der Waals surface area contributed by atoms with E-state index in [4.69, 9.17) is 4.74 Å². The topological polar surface area (TPSA) is 29.5 Å². The lowest BCUT2D eigenvalue weighted by atomic mass is 9.66. The van der Waals surface area contributed by atoms with E-state index < -0.39 is 6.29 Å². The van der Waals surface area contributed by atoms with Crippen LogP contribution in [-0.2, 0) is 4.74 Å². The van der Waals surface area contributed by atoms with Crippen molar-refractivity contribution in [3.05, 3.63) is 0 Å². The number of aliphatic hydroxyl groups is 1. The zero-order valence-corrected chi connectivity index (χ0v) is 12.3. The fourth-order valence-electron chi connectivity index (χ4n) is 5.57. The van der Waals surface area contributed by atoms with Crippen LogP contribution in [0.15, 0.2) is 0 Å². The van der Waals surface area contributed by atoms with Crippen molar-refractivity contribution in [1.29, 1.82) is 0 Å². The molecule has 0 spiro atoms. The molecule has 4 aliphatic carbocycles. The Hall–Kier alpha value is -0.0800. The molecule has 4 rings (SSSR count). The van der Waals surface area contributed by atoms with Crippen LogP contribution in [0.5, 0.6) is 0 Å². The molecular formula is C16H28O2. The Morgan fingerprint density at radius 1 is 1.22 bits per heavy atom. The molecule has 6 unspecified atom stereocenters. The van der Waals surface area contributed by atoms with E-state index in [-0.39, 0.29) is 11.5 Å².